The summed E-state index contributed by atoms with van der Waals surface area (Å²) >= 11 is 0. The summed E-state index contributed by atoms with van der Waals surface area (Å²) in [6.45, 7) is 3.30. The van der Waals surface area contributed by atoms with Crippen LogP contribution in [0.5, 0.6) is 0 Å². The normalized spacial score (nSPS) is 14.9. The molecule has 0 bridgehead atoms. The fraction of sp³-hybridized carbons (Fsp3) is 0.375. The Morgan fingerprint density at radius 2 is 1.55 bits per heavy atom. The van der Waals surface area contributed by atoms with Crippen molar-refractivity contribution in [3.63, 3.8) is 0 Å². The maximum absolute atomic E-state index is 12.4. The van der Waals surface area contributed by atoms with Gasteiger partial charge in [0.1, 0.15) is 12.4 Å². The molecule has 33 heavy (non-hydrogen) atoms. The average Bonchev–Trinajstić information content (AvgIpc) is 3.04. The minimum absolute atomic E-state index is 0.0323. The Bertz CT molecular complexity index is 1080. The zero-order valence-corrected chi connectivity index (χ0v) is 19.4. The number of imide groups is 1. The number of aldehydes is 1. The van der Waals surface area contributed by atoms with Crippen molar-refractivity contribution in [2.45, 2.75) is 33.0 Å². The molecule has 1 atom stereocenters. The number of carbonyl (C=O) groups excluding carboxylic acids is 3. The molecule has 2 aromatic rings. The molecule has 2 amide bonds. The van der Waals surface area contributed by atoms with E-state index in [1.807, 2.05) is 30.3 Å². The van der Waals surface area contributed by atoms with Crippen molar-refractivity contribution in [1.29, 1.82) is 0 Å². The Morgan fingerprint density at radius 3 is 2.12 bits per heavy atom. The summed E-state index contributed by atoms with van der Waals surface area (Å²) in [7, 11) is -3.94. The molecular weight excluding hydrogens is 446 g/mol. The number of rotatable bonds is 12. The van der Waals surface area contributed by atoms with Gasteiger partial charge in [-0.1, -0.05) is 56.3 Å². The fourth-order valence-corrected chi connectivity index (χ4v) is 4.52. The third-order valence-electron chi connectivity index (χ3n) is 5.43. The van der Waals surface area contributed by atoms with Crippen LogP contribution in [0.25, 0.3) is 0 Å². The largest absolute Gasteiger partial charge is 0.365 e. The van der Waals surface area contributed by atoms with Crippen LogP contribution in [-0.4, -0.2) is 56.4 Å². The fourth-order valence-electron chi connectivity index (χ4n) is 3.43. The second-order valence-electron chi connectivity index (χ2n) is 8.53. The van der Waals surface area contributed by atoms with E-state index in [2.05, 4.69) is 0 Å². The molecule has 0 saturated carbocycles. The van der Waals surface area contributed by atoms with Crippen molar-refractivity contribution in [1.82, 2.24) is 4.90 Å². The lowest BCUT2D eigenvalue weighted by Gasteiger charge is -2.30. The molecule has 2 aromatic carbocycles. The zero-order chi connectivity index (χ0) is 24.1. The monoisotopic (exact) mass is 473 g/mol. The van der Waals surface area contributed by atoms with Crippen LogP contribution in [0.15, 0.2) is 54.6 Å². The maximum Gasteiger partial charge on any atom is 0.267 e. The van der Waals surface area contributed by atoms with Gasteiger partial charge in [0.25, 0.3) is 21.9 Å². The van der Waals surface area contributed by atoms with E-state index in [0.29, 0.717) is 17.4 Å². The molecule has 0 radical (unpaired) electrons. The van der Waals surface area contributed by atoms with E-state index in [9.17, 15) is 22.8 Å². The van der Waals surface area contributed by atoms with Crippen LogP contribution in [0.1, 0.15) is 46.5 Å². The quantitative estimate of drug-likeness (QED) is 0.265. The SMILES string of the molecule is CC(C)(COS(=O)(=O)CCCN1C(=O)c2ccccc2C1=O)[C@H](C=O)OCc1ccccc1. The number of ether oxygens (including phenoxy) is 1. The maximum atomic E-state index is 12.4. The van der Waals surface area contributed by atoms with Gasteiger partial charge in [0, 0.05) is 12.0 Å². The Kier molecular flexibility index (Phi) is 7.78. The molecule has 1 aliphatic heterocycles. The van der Waals surface area contributed by atoms with E-state index in [-0.39, 0.29) is 31.9 Å². The topological polar surface area (TPSA) is 107 Å². The zero-order valence-electron chi connectivity index (χ0n) is 18.6. The lowest BCUT2D eigenvalue weighted by molar-refractivity contribution is -0.129. The van der Waals surface area contributed by atoms with Gasteiger partial charge in [-0.25, -0.2) is 0 Å². The molecule has 0 saturated heterocycles. The van der Waals surface area contributed by atoms with E-state index in [4.69, 9.17) is 8.92 Å². The van der Waals surface area contributed by atoms with Gasteiger partial charge in [0.15, 0.2) is 0 Å². The van der Waals surface area contributed by atoms with Crippen LogP contribution in [-0.2, 0) is 30.4 Å². The molecule has 176 valence electrons. The summed E-state index contributed by atoms with van der Waals surface area (Å²) in [6.07, 6.45) is -0.192. The van der Waals surface area contributed by atoms with Crippen molar-refractivity contribution < 1.29 is 31.7 Å². The minimum atomic E-state index is -3.94. The Morgan fingerprint density at radius 1 is 0.970 bits per heavy atom. The molecule has 0 fully saturated rings. The molecule has 0 unspecified atom stereocenters. The lowest BCUT2D eigenvalue weighted by Crippen LogP contribution is -2.38. The highest BCUT2D eigenvalue weighted by atomic mass is 32.2. The highest BCUT2D eigenvalue weighted by molar-refractivity contribution is 7.86. The van der Waals surface area contributed by atoms with Crippen molar-refractivity contribution in [3.05, 3.63) is 71.3 Å². The number of hydrogen-bond donors (Lipinski definition) is 0. The Labute approximate surface area is 193 Å². The van der Waals surface area contributed by atoms with Gasteiger partial charge in [-0.2, -0.15) is 8.42 Å². The summed E-state index contributed by atoms with van der Waals surface area (Å²) in [4.78, 5) is 37.4. The lowest BCUT2D eigenvalue weighted by atomic mass is 9.88. The number of hydrogen-bond acceptors (Lipinski definition) is 7. The number of benzene rings is 2. The predicted octanol–water partition coefficient (Wildman–Crippen LogP) is 2.83. The predicted molar refractivity (Wildman–Crippen MR) is 121 cm³/mol. The summed E-state index contributed by atoms with van der Waals surface area (Å²) < 4.78 is 35.6. The molecular formula is C24H27NO7S. The van der Waals surface area contributed by atoms with Crippen molar-refractivity contribution in [2.75, 3.05) is 18.9 Å². The number of amides is 2. The molecule has 3 rings (SSSR count). The summed E-state index contributed by atoms with van der Waals surface area (Å²) in [5, 5.41) is 0. The Balaban J connectivity index is 1.49. The molecule has 0 spiro atoms. The van der Waals surface area contributed by atoms with Crippen molar-refractivity contribution >= 4 is 28.2 Å². The third kappa shape index (κ3) is 6.13. The standard InChI is InChI=1S/C24H27NO7S/c1-24(2,21(15-26)31-16-18-9-4-3-5-10-18)17-32-33(29,30)14-8-13-25-22(27)19-11-6-7-12-20(19)23(25)28/h3-7,9-12,15,21H,8,13-14,16-17H2,1-2H3/t21-/m0/s1. The molecule has 9 heteroatoms. The summed E-state index contributed by atoms with van der Waals surface area (Å²) in [5.41, 5.74) is 0.631. The van der Waals surface area contributed by atoms with Crippen LogP contribution in [0.4, 0.5) is 0 Å². The van der Waals surface area contributed by atoms with Crippen molar-refractivity contribution in [3.8, 4) is 0 Å². The summed E-state index contributed by atoms with van der Waals surface area (Å²) in [6, 6.07) is 15.8. The van der Waals surface area contributed by atoms with Gasteiger partial charge in [-0.15, -0.1) is 0 Å². The third-order valence-corrected chi connectivity index (χ3v) is 6.70. The van der Waals surface area contributed by atoms with Gasteiger partial charge in [-0.05, 0) is 24.1 Å². The van der Waals surface area contributed by atoms with E-state index in [1.54, 1.807) is 38.1 Å². The molecule has 8 nitrogen and oxygen atoms in total. The Hall–Kier alpha value is -2.88. The first-order valence-electron chi connectivity index (χ1n) is 10.6. The van der Waals surface area contributed by atoms with E-state index < -0.39 is 33.5 Å². The van der Waals surface area contributed by atoms with Gasteiger partial charge in [0.05, 0.1) is 30.1 Å². The second kappa shape index (κ2) is 10.4. The molecule has 0 aliphatic carbocycles. The first-order chi connectivity index (χ1) is 15.6. The first-order valence-corrected chi connectivity index (χ1v) is 12.2. The van der Waals surface area contributed by atoms with Gasteiger partial charge in [0.2, 0.25) is 0 Å². The number of fused-ring (bicyclic) bond motifs is 1. The highest BCUT2D eigenvalue weighted by Gasteiger charge is 2.35. The van der Waals surface area contributed by atoms with Crippen LogP contribution < -0.4 is 0 Å². The first kappa shape index (κ1) is 24.8. The van der Waals surface area contributed by atoms with E-state index >= 15 is 0 Å². The highest BCUT2D eigenvalue weighted by Crippen LogP contribution is 2.25. The van der Waals surface area contributed by atoms with E-state index in [1.165, 1.54) is 0 Å². The molecule has 0 aromatic heterocycles. The molecule has 0 N–H and O–H groups in total. The van der Waals surface area contributed by atoms with Gasteiger partial charge >= 0.3 is 0 Å². The van der Waals surface area contributed by atoms with Gasteiger partial charge in [-0.3, -0.25) is 18.7 Å². The smallest absolute Gasteiger partial charge is 0.267 e. The van der Waals surface area contributed by atoms with Crippen molar-refractivity contribution in [2.24, 2.45) is 5.41 Å². The molecule has 1 aliphatic rings. The second-order valence-corrected chi connectivity index (χ2v) is 10.3. The van der Waals surface area contributed by atoms with Crippen LogP contribution in [0, 0.1) is 5.41 Å². The number of carbonyl (C=O) groups is 3. The minimum Gasteiger partial charge on any atom is -0.365 e. The van der Waals surface area contributed by atoms with Crippen LogP contribution in [0.2, 0.25) is 0 Å². The van der Waals surface area contributed by atoms with E-state index in [0.717, 1.165) is 10.5 Å². The summed E-state index contributed by atoms with van der Waals surface area (Å²) in [5.74, 6) is -1.23. The molecule has 1 heterocycles. The average molecular weight is 474 g/mol. The van der Waals surface area contributed by atoms with Gasteiger partial charge < -0.3 is 9.53 Å². The number of nitrogens with zero attached hydrogens (tertiary/aromatic N) is 1. The van der Waals surface area contributed by atoms with Crippen LogP contribution in [0.3, 0.4) is 0 Å². The van der Waals surface area contributed by atoms with Crippen LogP contribution >= 0.6 is 0 Å².